The molecule has 1 aromatic carbocycles. The summed E-state index contributed by atoms with van der Waals surface area (Å²) in [6.07, 6.45) is 4.55. The molecule has 1 aliphatic heterocycles. The third-order valence-electron chi connectivity index (χ3n) is 4.85. The Kier molecular flexibility index (Phi) is 4.75. The van der Waals surface area contributed by atoms with Crippen LogP contribution in [0.3, 0.4) is 0 Å². The molecule has 0 atom stereocenters. The molecule has 3 heterocycles. The van der Waals surface area contributed by atoms with Crippen molar-refractivity contribution in [2.24, 2.45) is 0 Å². The van der Waals surface area contributed by atoms with Gasteiger partial charge in [0.25, 0.3) is 0 Å². The van der Waals surface area contributed by atoms with Gasteiger partial charge in [-0.1, -0.05) is 0 Å². The Balaban J connectivity index is 1.52. The third kappa shape index (κ3) is 3.77. The summed E-state index contributed by atoms with van der Waals surface area (Å²) in [5.74, 6) is 1.39. The van der Waals surface area contributed by atoms with Crippen LogP contribution in [0.2, 0.25) is 0 Å². The first-order valence-electron chi connectivity index (χ1n) is 9.21. The van der Waals surface area contributed by atoms with Crippen molar-refractivity contribution in [3.8, 4) is 5.82 Å². The second-order valence-electron chi connectivity index (χ2n) is 6.88. The van der Waals surface area contributed by atoms with Crippen LogP contribution in [0, 0.1) is 19.7 Å². The van der Waals surface area contributed by atoms with Crippen LogP contribution in [0.5, 0.6) is 0 Å². The summed E-state index contributed by atoms with van der Waals surface area (Å²) in [4.78, 5) is 13.7. The van der Waals surface area contributed by atoms with Crippen LogP contribution in [0.1, 0.15) is 17.8 Å². The molecule has 0 aliphatic carbocycles. The Morgan fingerprint density at radius 3 is 2.33 bits per heavy atom. The Morgan fingerprint density at radius 1 is 0.889 bits per heavy atom. The molecule has 0 N–H and O–H groups in total. The first-order chi connectivity index (χ1) is 13.1. The Labute approximate surface area is 158 Å². The van der Waals surface area contributed by atoms with Gasteiger partial charge in [0.05, 0.1) is 18.1 Å². The molecule has 0 spiro atoms. The van der Waals surface area contributed by atoms with E-state index in [-0.39, 0.29) is 5.82 Å². The van der Waals surface area contributed by atoms with Crippen molar-refractivity contribution in [1.82, 2.24) is 19.7 Å². The van der Waals surface area contributed by atoms with Gasteiger partial charge in [-0.15, -0.1) is 0 Å². The number of hydrogen-bond acceptors (Lipinski definition) is 5. The SMILES string of the molecule is Cc1cc(C)n(-c2cncc(N3CCCN(c4ccc(F)cc4)CC3)n2)n1. The molecule has 6 nitrogen and oxygen atoms in total. The predicted octanol–water partition coefficient (Wildman–Crippen LogP) is 3.13. The second kappa shape index (κ2) is 7.34. The summed E-state index contributed by atoms with van der Waals surface area (Å²) in [5.41, 5.74) is 3.06. The first kappa shape index (κ1) is 17.5. The van der Waals surface area contributed by atoms with E-state index >= 15 is 0 Å². The Bertz CT molecular complexity index is 920. The quantitative estimate of drug-likeness (QED) is 0.713. The zero-order chi connectivity index (χ0) is 18.8. The number of aromatic nitrogens is 4. The van der Waals surface area contributed by atoms with Crippen molar-refractivity contribution in [2.75, 3.05) is 36.0 Å². The molecule has 140 valence electrons. The molecular weight excluding hydrogens is 343 g/mol. The van der Waals surface area contributed by atoms with E-state index in [1.165, 1.54) is 12.1 Å². The molecule has 1 saturated heterocycles. The minimum absolute atomic E-state index is 0.202. The number of anilines is 2. The van der Waals surface area contributed by atoms with Crippen molar-refractivity contribution < 1.29 is 4.39 Å². The van der Waals surface area contributed by atoms with Crippen molar-refractivity contribution in [1.29, 1.82) is 0 Å². The lowest BCUT2D eigenvalue weighted by atomic mass is 10.2. The highest BCUT2D eigenvalue weighted by molar-refractivity contribution is 5.48. The summed E-state index contributed by atoms with van der Waals surface area (Å²) in [7, 11) is 0. The largest absolute Gasteiger partial charge is 0.370 e. The van der Waals surface area contributed by atoms with Crippen LogP contribution in [0.4, 0.5) is 15.9 Å². The summed E-state index contributed by atoms with van der Waals surface area (Å²) in [6, 6.07) is 8.74. The van der Waals surface area contributed by atoms with Gasteiger partial charge in [-0.2, -0.15) is 5.10 Å². The van der Waals surface area contributed by atoms with Crippen molar-refractivity contribution in [2.45, 2.75) is 20.3 Å². The van der Waals surface area contributed by atoms with Crippen LogP contribution in [0.25, 0.3) is 5.82 Å². The third-order valence-corrected chi connectivity index (χ3v) is 4.85. The molecule has 0 unspecified atom stereocenters. The standard InChI is InChI=1S/C20H23FN6/c1-15-12-16(2)27(24-15)20-14-22-13-19(23-20)26-9-3-8-25(10-11-26)18-6-4-17(21)5-7-18/h4-7,12-14H,3,8-11H2,1-2H3. The molecule has 1 aliphatic rings. The van der Waals surface area contributed by atoms with E-state index in [0.29, 0.717) is 0 Å². The fourth-order valence-corrected chi connectivity index (χ4v) is 3.52. The van der Waals surface area contributed by atoms with Crippen molar-refractivity contribution in [3.63, 3.8) is 0 Å². The number of nitrogens with zero attached hydrogens (tertiary/aromatic N) is 6. The highest BCUT2D eigenvalue weighted by atomic mass is 19.1. The molecule has 0 radical (unpaired) electrons. The molecule has 2 aromatic heterocycles. The van der Waals surface area contributed by atoms with Gasteiger partial charge in [0.1, 0.15) is 11.6 Å². The molecular formula is C20H23FN6. The summed E-state index contributed by atoms with van der Waals surface area (Å²) >= 11 is 0. The average molecular weight is 366 g/mol. The van der Waals surface area contributed by atoms with E-state index < -0.39 is 0 Å². The van der Waals surface area contributed by atoms with Gasteiger partial charge in [-0.05, 0) is 50.6 Å². The molecule has 27 heavy (non-hydrogen) atoms. The van der Waals surface area contributed by atoms with Crippen molar-refractivity contribution in [3.05, 3.63) is 59.9 Å². The average Bonchev–Trinajstić information content (AvgIpc) is 2.87. The van der Waals surface area contributed by atoms with Crippen molar-refractivity contribution >= 4 is 11.5 Å². The minimum atomic E-state index is -0.202. The van der Waals surface area contributed by atoms with E-state index in [4.69, 9.17) is 4.98 Å². The Morgan fingerprint density at radius 2 is 1.59 bits per heavy atom. The van der Waals surface area contributed by atoms with Crippen LogP contribution >= 0.6 is 0 Å². The molecule has 4 rings (SSSR count). The predicted molar refractivity (Wildman–Crippen MR) is 104 cm³/mol. The number of aryl methyl sites for hydroxylation is 2. The fraction of sp³-hybridized carbons (Fsp3) is 0.350. The smallest absolute Gasteiger partial charge is 0.174 e. The summed E-state index contributed by atoms with van der Waals surface area (Å²) in [6.45, 7) is 7.53. The van der Waals surface area contributed by atoms with E-state index in [1.807, 2.05) is 42.9 Å². The monoisotopic (exact) mass is 366 g/mol. The lowest BCUT2D eigenvalue weighted by Crippen LogP contribution is -2.31. The van der Waals surface area contributed by atoms with Gasteiger partial charge in [-0.25, -0.2) is 14.1 Å². The topological polar surface area (TPSA) is 50.1 Å². The minimum Gasteiger partial charge on any atom is -0.370 e. The van der Waals surface area contributed by atoms with Crippen LogP contribution < -0.4 is 9.80 Å². The van der Waals surface area contributed by atoms with Gasteiger partial charge in [0.2, 0.25) is 0 Å². The van der Waals surface area contributed by atoms with E-state index in [2.05, 4.69) is 19.9 Å². The lowest BCUT2D eigenvalue weighted by molar-refractivity contribution is 0.627. The molecule has 1 fully saturated rings. The maximum absolute atomic E-state index is 13.2. The van der Waals surface area contributed by atoms with Gasteiger partial charge in [0, 0.05) is 37.6 Å². The Hall–Kier alpha value is -2.96. The lowest BCUT2D eigenvalue weighted by Gasteiger charge is -2.24. The van der Waals surface area contributed by atoms with Gasteiger partial charge in [-0.3, -0.25) is 4.98 Å². The molecule has 0 amide bonds. The second-order valence-corrected chi connectivity index (χ2v) is 6.88. The van der Waals surface area contributed by atoms with Gasteiger partial charge >= 0.3 is 0 Å². The maximum Gasteiger partial charge on any atom is 0.174 e. The normalized spacial score (nSPS) is 15.1. The molecule has 0 saturated carbocycles. The fourth-order valence-electron chi connectivity index (χ4n) is 3.52. The van der Waals surface area contributed by atoms with Crippen LogP contribution in [-0.4, -0.2) is 45.9 Å². The summed E-state index contributed by atoms with van der Waals surface area (Å²) < 4.78 is 15.0. The molecule has 0 bridgehead atoms. The first-order valence-corrected chi connectivity index (χ1v) is 9.21. The van der Waals surface area contributed by atoms with E-state index in [0.717, 1.165) is 61.3 Å². The van der Waals surface area contributed by atoms with E-state index in [1.54, 1.807) is 6.20 Å². The highest BCUT2D eigenvalue weighted by Gasteiger charge is 2.17. The number of halogens is 1. The molecule has 7 heteroatoms. The van der Waals surface area contributed by atoms with Gasteiger partial charge in [0.15, 0.2) is 5.82 Å². The number of rotatable bonds is 3. The van der Waals surface area contributed by atoms with Gasteiger partial charge < -0.3 is 9.80 Å². The zero-order valence-electron chi connectivity index (χ0n) is 15.6. The highest BCUT2D eigenvalue weighted by Crippen LogP contribution is 2.20. The van der Waals surface area contributed by atoms with Crippen LogP contribution in [-0.2, 0) is 0 Å². The summed E-state index contributed by atoms with van der Waals surface area (Å²) in [5, 5.41) is 4.50. The number of hydrogen-bond donors (Lipinski definition) is 0. The van der Waals surface area contributed by atoms with E-state index in [9.17, 15) is 4.39 Å². The number of benzene rings is 1. The van der Waals surface area contributed by atoms with Crippen LogP contribution in [0.15, 0.2) is 42.7 Å². The maximum atomic E-state index is 13.2. The molecule has 3 aromatic rings. The zero-order valence-corrected chi connectivity index (χ0v) is 15.6.